The van der Waals surface area contributed by atoms with E-state index in [0.29, 0.717) is 0 Å². The molecule has 1 aromatic carbocycles. The van der Waals surface area contributed by atoms with Crippen LogP contribution in [0.3, 0.4) is 0 Å². The summed E-state index contributed by atoms with van der Waals surface area (Å²) in [5.41, 5.74) is 4.12. The molecule has 0 radical (unpaired) electrons. The number of hydrogen-bond acceptors (Lipinski definition) is 2. The van der Waals surface area contributed by atoms with E-state index in [1.54, 1.807) is 0 Å². The standard InChI is InChI=1S/C11H19N2OP/c1-9-5-7-10(8-6-9)15(14)13-12-11(2,3)4/h5-8,12,15H,1-4H3,(H,13,14). The Bertz CT molecular complexity index is 341. The number of aryl methyl sites for hydroxylation is 1. The lowest BCUT2D eigenvalue weighted by Crippen LogP contribution is -2.43. The molecule has 1 unspecified atom stereocenters. The summed E-state index contributed by atoms with van der Waals surface area (Å²) < 4.78 is 11.8. The van der Waals surface area contributed by atoms with Crippen LogP contribution in [0.4, 0.5) is 0 Å². The average molecular weight is 226 g/mol. The number of nitrogens with one attached hydrogen (secondary N) is 2. The van der Waals surface area contributed by atoms with Crippen LogP contribution >= 0.6 is 7.95 Å². The monoisotopic (exact) mass is 226 g/mol. The zero-order chi connectivity index (χ0) is 11.5. The minimum atomic E-state index is -1.93. The maximum absolute atomic E-state index is 11.8. The lowest BCUT2D eigenvalue weighted by molar-refractivity contribution is 0.407. The van der Waals surface area contributed by atoms with Crippen molar-refractivity contribution in [3.05, 3.63) is 29.8 Å². The second kappa shape index (κ2) is 4.93. The molecule has 4 heteroatoms. The number of benzene rings is 1. The Balaban J connectivity index is 2.58. The van der Waals surface area contributed by atoms with Crippen LogP contribution in [0.25, 0.3) is 0 Å². The predicted octanol–water partition coefficient (Wildman–Crippen LogP) is 1.99. The van der Waals surface area contributed by atoms with E-state index in [1.165, 1.54) is 5.56 Å². The Kier molecular flexibility index (Phi) is 4.09. The molecule has 2 N–H and O–H groups in total. The lowest BCUT2D eigenvalue weighted by atomic mass is 10.1. The summed E-state index contributed by atoms with van der Waals surface area (Å²) in [6.45, 7) is 8.07. The molecule has 15 heavy (non-hydrogen) atoms. The molecule has 1 aromatic rings. The zero-order valence-electron chi connectivity index (χ0n) is 9.72. The fourth-order valence-electron chi connectivity index (χ4n) is 1.02. The average Bonchev–Trinajstić information content (AvgIpc) is 2.14. The van der Waals surface area contributed by atoms with Crippen LogP contribution in [-0.4, -0.2) is 5.54 Å². The smallest absolute Gasteiger partial charge is 0.177 e. The van der Waals surface area contributed by atoms with Gasteiger partial charge >= 0.3 is 0 Å². The van der Waals surface area contributed by atoms with Gasteiger partial charge in [0.1, 0.15) is 0 Å². The molecule has 0 amide bonds. The minimum Gasteiger partial charge on any atom is -0.304 e. The highest BCUT2D eigenvalue weighted by atomic mass is 31.1. The molecule has 0 aliphatic heterocycles. The Morgan fingerprint density at radius 3 is 2.13 bits per heavy atom. The first kappa shape index (κ1) is 12.4. The van der Waals surface area contributed by atoms with E-state index in [4.69, 9.17) is 0 Å². The Morgan fingerprint density at radius 2 is 1.67 bits per heavy atom. The molecule has 0 aliphatic rings. The number of rotatable bonds is 3. The Labute approximate surface area is 92.1 Å². The van der Waals surface area contributed by atoms with Gasteiger partial charge in [-0.2, -0.15) is 0 Å². The van der Waals surface area contributed by atoms with Crippen LogP contribution in [0.2, 0.25) is 0 Å². The van der Waals surface area contributed by atoms with Crippen LogP contribution in [-0.2, 0) is 4.57 Å². The van der Waals surface area contributed by atoms with Gasteiger partial charge in [-0.25, -0.2) is 10.6 Å². The summed E-state index contributed by atoms with van der Waals surface area (Å²) in [5, 5.41) is 3.70. The first-order valence-electron chi connectivity index (χ1n) is 5.03. The summed E-state index contributed by atoms with van der Waals surface area (Å²) in [5.74, 6) is 0. The van der Waals surface area contributed by atoms with Gasteiger partial charge in [0.25, 0.3) is 0 Å². The molecule has 0 saturated heterocycles. The van der Waals surface area contributed by atoms with Crippen molar-refractivity contribution >= 4 is 13.3 Å². The van der Waals surface area contributed by atoms with E-state index in [9.17, 15) is 4.57 Å². The second-order valence-electron chi connectivity index (χ2n) is 4.70. The van der Waals surface area contributed by atoms with Gasteiger partial charge in [-0.15, -0.1) is 0 Å². The summed E-state index contributed by atoms with van der Waals surface area (Å²) in [4.78, 5) is 0. The van der Waals surface area contributed by atoms with E-state index in [0.717, 1.165) is 5.30 Å². The summed E-state index contributed by atoms with van der Waals surface area (Å²) in [6, 6.07) is 7.73. The molecule has 0 aromatic heterocycles. The van der Waals surface area contributed by atoms with Gasteiger partial charge in [0.2, 0.25) is 0 Å². The van der Waals surface area contributed by atoms with E-state index < -0.39 is 7.95 Å². The molecule has 3 nitrogen and oxygen atoms in total. The third-order valence-corrected chi connectivity index (χ3v) is 3.07. The van der Waals surface area contributed by atoms with Gasteiger partial charge in [0, 0.05) is 10.8 Å². The number of hydrogen-bond donors (Lipinski definition) is 2. The fourth-order valence-corrected chi connectivity index (χ4v) is 2.12. The van der Waals surface area contributed by atoms with Crippen LogP contribution in [0.5, 0.6) is 0 Å². The van der Waals surface area contributed by atoms with Crippen molar-refractivity contribution in [2.45, 2.75) is 33.2 Å². The summed E-state index contributed by atoms with van der Waals surface area (Å²) >= 11 is 0. The normalized spacial score (nSPS) is 13.9. The molecule has 0 bridgehead atoms. The lowest BCUT2D eigenvalue weighted by Gasteiger charge is -2.20. The van der Waals surface area contributed by atoms with Crippen LogP contribution in [0.15, 0.2) is 24.3 Å². The largest absolute Gasteiger partial charge is 0.304 e. The van der Waals surface area contributed by atoms with Gasteiger partial charge in [-0.1, -0.05) is 29.8 Å². The van der Waals surface area contributed by atoms with E-state index in [1.807, 2.05) is 52.0 Å². The molecule has 0 aliphatic carbocycles. The van der Waals surface area contributed by atoms with Crippen molar-refractivity contribution in [3.8, 4) is 0 Å². The first-order chi connectivity index (χ1) is 6.88. The van der Waals surface area contributed by atoms with Crippen molar-refractivity contribution in [2.24, 2.45) is 0 Å². The highest BCUT2D eigenvalue weighted by Gasteiger charge is 2.10. The molecule has 84 valence electrons. The van der Waals surface area contributed by atoms with Gasteiger partial charge in [-0.3, -0.25) is 0 Å². The van der Waals surface area contributed by atoms with Gasteiger partial charge in [0.15, 0.2) is 7.95 Å². The van der Waals surface area contributed by atoms with Crippen LogP contribution in [0.1, 0.15) is 26.3 Å². The second-order valence-corrected chi connectivity index (χ2v) is 6.18. The fraction of sp³-hybridized carbons (Fsp3) is 0.455. The van der Waals surface area contributed by atoms with Crippen LogP contribution in [0, 0.1) is 6.92 Å². The van der Waals surface area contributed by atoms with Crippen molar-refractivity contribution in [2.75, 3.05) is 0 Å². The molecular weight excluding hydrogens is 207 g/mol. The molecule has 1 rings (SSSR count). The van der Waals surface area contributed by atoms with E-state index in [2.05, 4.69) is 10.6 Å². The third-order valence-electron chi connectivity index (χ3n) is 1.86. The molecule has 0 spiro atoms. The zero-order valence-corrected chi connectivity index (χ0v) is 10.7. The Hall–Kier alpha value is -0.630. The van der Waals surface area contributed by atoms with Crippen molar-refractivity contribution in [3.63, 3.8) is 0 Å². The highest BCUT2D eigenvalue weighted by Crippen LogP contribution is 2.14. The summed E-state index contributed by atoms with van der Waals surface area (Å²) in [7, 11) is -1.93. The SMILES string of the molecule is Cc1ccc([PH](=O)NNC(C)(C)C)cc1. The number of hydrazine groups is 1. The van der Waals surface area contributed by atoms with E-state index in [-0.39, 0.29) is 5.54 Å². The molecular formula is C11H19N2OP. The maximum Gasteiger partial charge on any atom is 0.177 e. The van der Waals surface area contributed by atoms with Crippen molar-refractivity contribution in [1.82, 2.24) is 10.6 Å². The van der Waals surface area contributed by atoms with Crippen molar-refractivity contribution in [1.29, 1.82) is 0 Å². The molecule has 0 saturated carbocycles. The predicted molar refractivity (Wildman–Crippen MR) is 65.8 cm³/mol. The topological polar surface area (TPSA) is 41.1 Å². The summed E-state index contributed by atoms with van der Waals surface area (Å²) in [6.07, 6.45) is 0. The molecule has 1 atom stereocenters. The van der Waals surface area contributed by atoms with Crippen molar-refractivity contribution < 1.29 is 4.57 Å². The molecule has 0 fully saturated rings. The minimum absolute atomic E-state index is 0.0783. The first-order valence-corrected chi connectivity index (χ1v) is 6.43. The van der Waals surface area contributed by atoms with Gasteiger partial charge < -0.3 is 4.57 Å². The van der Waals surface area contributed by atoms with Gasteiger partial charge in [0.05, 0.1) is 0 Å². The van der Waals surface area contributed by atoms with Gasteiger partial charge in [-0.05, 0) is 27.7 Å². The maximum atomic E-state index is 11.8. The molecule has 0 heterocycles. The highest BCUT2D eigenvalue weighted by molar-refractivity contribution is 7.51. The van der Waals surface area contributed by atoms with Crippen LogP contribution < -0.4 is 15.9 Å². The van der Waals surface area contributed by atoms with E-state index >= 15 is 0 Å². The quantitative estimate of drug-likeness (QED) is 0.611. The third kappa shape index (κ3) is 4.61. The Morgan fingerprint density at radius 1 is 1.13 bits per heavy atom.